The summed E-state index contributed by atoms with van der Waals surface area (Å²) in [6, 6.07) is 0. The van der Waals surface area contributed by atoms with E-state index in [0.717, 1.165) is 0 Å². The lowest BCUT2D eigenvalue weighted by molar-refractivity contribution is -0.0462. The fraction of sp³-hybridized carbons (Fsp3) is 0.442. The number of fused-ring (bicyclic) bond motifs is 4. The van der Waals surface area contributed by atoms with Crippen LogP contribution in [0.25, 0.3) is 6.08 Å². The van der Waals surface area contributed by atoms with Crippen molar-refractivity contribution < 1.29 is 53.1 Å². The van der Waals surface area contributed by atoms with E-state index in [1.54, 1.807) is 102 Å². The molecule has 1 aliphatic rings. The number of hydrogen-bond donors (Lipinski definition) is 4. The number of carbonyl (C=O) groups excluding carboxylic acids is 2. The first kappa shape index (κ1) is 45.5. The standard InChI is InChI=1S/C43H56N2O11/c1-8-18-34(48)42(3,4)36-23-14-12-10-11-13-20-29(52-7)26-39-45-31(28-54-39)41(51)56-37(43(5,6)35(49)19-9-2)24-17-22-33(47)32(46)21-15-16-25-38-44-30(27-53-38)40(50)55-36/h8-22,25,27-29,32-37,46-49H,23-24,26H2,1-7H3/b11-10-,14-12-,18-8+,19-9+,20-13-,21-15-,22-17+,25-16+/t29?,32-,33+,34?,35?,36?,37?/m1/s1. The molecule has 0 amide bonds. The van der Waals surface area contributed by atoms with Crippen LogP contribution in [0.3, 0.4) is 0 Å². The van der Waals surface area contributed by atoms with E-state index in [-0.39, 0.29) is 42.4 Å². The Hall–Kier alpha value is -4.92. The van der Waals surface area contributed by atoms with E-state index in [4.69, 9.17) is 23.0 Å². The summed E-state index contributed by atoms with van der Waals surface area (Å²) in [5.41, 5.74) is -1.97. The maximum atomic E-state index is 13.3. The quantitative estimate of drug-likeness (QED) is 0.183. The van der Waals surface area contributed by atoms with E-state index in [0.29, 0.717) is 0 Å². The lowest BCUT2D eigenvalue weighted by atomic mass is 9.79. The van der Waals surface area contributed by atoms with Crippen LogP contribution in [0.15, 0.2) is 113 Å². The number of methoxy groups -OCH3 is 1. The number of cyclic esters (lactones) is 2. The smallest absolute Gasteiger partial charge is 0.360 e. The van der Waals surface area contributed by atoms with Gasteiger partial charge in [-0.25, -0.2) is 19.6 Å². The fourth-order valence-corrected chi connectivity index (χ4v) is 5.47. The van der Waals surface area contributed by atoms with Gasteiger partial charge in [-0.1, -0.05) is 119 Å². The molecule has 304 valence electrons. The Kier molecular flexibility index (Phi) is 17.8. The van der Waals surface area contributed by atoms with Crippen LogP contribution in [0, 0.1) is 10.8 Å². The third kappa shape index (κ3) is 13.4. The lowest BCUT2D eigenvalue weighted by Crippen LogP contribution is -2.42. The number of allylic oxidation sites excluding steroid dienone is 8. The molecule has 0 saturated heterocycles. The monoisotopic (exact) mass is 776 g/mol. The number of aliphatic hydroxyl groups excluding tert-OH is 4. The number of ether oxygens (including phenoxy) is 3. The van der Waals surface area contributed by atoms with Crippen LogP contribution < -0.4 is 0 Å². The number of oxazole rings is 2. The lowest BCUT2D eigenvalue weighted by Gasteiger charge is -2.36. The molecule has 5 unspecified atom stereocenters. The van der Waals surface area contributed by atoms with Gasteiger partial charge in [-0.2, -0.15) is 0 Å². The molecule has 4 bridgehead atoms. The zero-order valence-corrected chi connectivity index (χ0v) is 33.1. The molecule has 13 nitrogen and oxygen atoms in total. The highest BCUT2D eigenvalue weighted by molar-refractivity contribution is 5.87. The number of rotatable bonds is 7. The first-order chi connectivity index (χ1) is 26.6. The van der Waals surface area contributed by atoms with Gasteiger partial charge in [0.05, 0.1) is 24.7 Å². The van der Waals surface area contributed by atoms with Crippen molar-refractivity contribution in [1.29, 1.82) is 0 Å². The molecule has 0 spiro atoms. The van der Waals surface area contributed by atoms with Gasteiger partial charge in [0.2, 0.25) is 5.89 Å². The molecule has 0 aliphatic carbocycles. The molecular formula is C43H56N2O11. The number of aliphatic hydroxyl groups is 4. The highest BCUT2D eigenvalue weighted by Crippen LogP contribution is 2.33. The molecule has 2 aromatic rings. The summed E-state index contributed by atoms with van der Waals surface area (Å²) in [4.78, 5) is 35.0. The molecule has 2 aromatic heterocycles. The van der Waals surface area contributed by atoms with Crippen molar-refractivity contribution in [2.75, 3.05) is 7.11 Å². The van der Waals surface area contributed by atoms with Crippen LogP contribution in [-0.2, 0) is 20.6 Å². The minimum atomic E-state index is -1.32. The van der Waals surface area contributed by atoms with Crippen LogP contribution in [-0.4, -0.2) is 92.2 Å². The van der Waals surface area contributed by atoms with E-state index in [2.05, 4.69) is 9.97 Å². The van der Waals surface area contributed by atoms with Gasteiger partial charge in [-0.05, 0) is 13.8 Å². The number of nitrogens with zero attached hydrogens (tertiary/aromatic N) is 2. The Morgan fingerprint density at radius 2 is 1.27 bits per heavy atom. The molecule has 1 aliphatic heterocycles. The molecule has 0 radical (unpaired) electrons. The number of aromatic nitrogens is 2. The Balaban J connectivity index is 1.93. The Morgan fingerprint density at radius 3 is 1.88 bits per heavy atom. The number of hydrogen-bond acceptors (Lipinski definition) is 13. The molecule has 7 atom stereocenters. The molecule has 4 N–H and O–H groups in total. The van der Waals surface area contributed by atoms with Crippen molar-refractivity contribution in [3.8, 4) is 0 Å². The molecule has 56 heavy (non-hydrogen) atoms. The molecule has 0 saturated carbocycles. The third-order valence-corrected chi connectivity index (χ3v) is 9.44. The first-order valence-corrected chi connectivity index (χ1v) is 18.5. The average Bonchev–Trinajstić information content (AvgIpc) is 3.84. The van der Waals surface area contributed by atoms with E-state index in [9.17, 15) is 30.0 Å². The minimum absolute atomic E-state index is 0.0613. The van der Waals surface area contributed by atoms with Crippen molar-refractivity contribution in [2.45, 2.75) is 104 Å². The van der Waals surface area contributed by atoms with E-state index in [1.165, 1.54) is 50.0 Å². The highest BCUT2D eigenvalue weighted by Gasteiger charge is 2.39. The molecule has 0 fully saturated rings. The van der Waals surface area contributed by atoms with Crippen LogP contribution in [0.4, 0.5) is 0 Å². The summed E-state index contributed by atoms with van der Waals surface area (Å²) < 4.78 is 28.3. The average molecular weight is 777 g/mol. The van der Waals surface area contributed by atoms with Gasteiger partial charge in [0.1, 0.15) is 36.9 Å². The van der Waals surface area contributed by atoms with Crippen LogP contribution in [0.5, 0.6) is 0 Å². The molecule has 13 heteroatoms. The van der Waals surface area contributed by atoms with Crippen molar-refractivity contribution in [3.05, 3.63) is 127 Å². The van der Waals surface area contributed by atoms with Crippen molar-refractivity contribution >= 4 is 18.0 Å². The molecule has 3 rings (SSSR count). The second-order valence-corrected chi connectivity index (χ2v) is 14.4. The van der Waals surface area contributed by atoms with Crippen LogP contribution >= 0.6 is 0 Å². The van der Waals surface area contributed by atoms with E-state index < -0.39 is 65.5 Å². The van der Waals surface area contributed by atoms with Gasteiger partial charge in [0.15, 0.2) is 17.3 Å². The van der Waals surface area contributed by atoms with Gasteiger partial charge in [-0.15, -0.1) is 0 Å². The van der Waals surface area contributed by atoms with Gasteiger partial charge < -0.3 is 43.5 Å². The maximum absolute atomic E-state index is 13.3. The zero-order chi connectivity index (χ0) is 41.3. The van der Waals surface area contributed by atoms with Gasteiger partial charge in [0, 0.05) is 36.9 Å². The predicted octanol–water partition coefficient (Wildman–Crippen LogP) is 6.21. The predicted molar refractivity (Wildman–Crippen MR) is 211 cm³/mol. The summed E-state index contributed by atoms with van der Waals surface area (Å²) in [6.07, 6.45) is 22.5. The van der Waals surface area contributed by atoms with Gasteiger partial charge >= 0.3 is 11.9 Å². The minimum Gasteiger partial charge on any atom is -0.457 e. The van der Waals surface area contributed by atoms with Crippen LogP contribution in [0.2, 0.25) is 0 Å². The van der Waals surface area contributed by atoms with Crippen molar-refractivity contribution in [3.63, 3.8) is 0 Å². The summed E-state index contributed by atoms with van der Waals surface area (Å²) in [6.45, 7) is 10.7. The second-order valence-electron chi connectivity index (χ2n) is 14.4. The molecule has 0 aromatic carbocycles. The third-order valence-electron chi connectivity index (χ3n) is 9.44. The normalized spacial score (nSPS) is 27.4. The summed E-state index contributed by atoms with van der Waals surface area (Å²) in [5, 5.41) is 42.9. The van der Waals surface area contributed by atoms with E-state index >= 15 is 0 Å². The summed E-state index contributed by atoms with van der Waals surface area (Å²) in [5.74, 6) is -1.15. The highest BCUT2D eigenvalue weighted by atomic mass is 16.6. The topological polar surface area (TPSA) is 195 Å². The molecule has 3 heterocycles. The maximum Gasteiger partial charge on any atom is 0.360 e. The van der Waals surface area contributed by atoms with Crippen molar-refractivity contribution in [1.82, 2.24) is 9.97 Å². The fourth-order valence-electron chi connectivity index (χ4n) is 5.47. The first-order valence-electron chi connectivity index (χ1n) is 18.5. The number of esters is 2. The van der Waals surface area contributed by atoms with Gasteiger partial charge in [-0.3, -0.25) is 0 Å². The van der Waals surface area contributed by atoms with E-state index in [1.807, 2.05) is 6.08 Å². The Bertz CT molecular complexity index is 1790. The number of carbonyl (C=O) groups is 2. The van der Waals surface area contributed by atoms with Gasteiger partial charge in [0.25, 0.3) is 0 Å². The summed E-state index contributed by atoms with van der Waals surface area (Å²) >= 11 is 0. The zero-order valence-electron chi connectivity index (χ0n) is 33.1. The Labute approximate surface area is 328 Å². The largest absolute Gasteiger partial charge is 0.457 e. The Morgan fingerprint density at radius 1 is 0.732 bits per heavy atom. The second kappa shape index (κ2) is 22.0. The summed E-state index contributed by atoms with van der Waals surface area (Å²) in [7, 11) is 1.53. The molecular weight excluding hydrogens is 720 g/mol. The van der Waals surface area contributed by atoms with Crippen LogP contribution in [0.1, 0.15) is 87.1 Å². The SMILES string of the molecule is C/C=C/C(O)C(C)(C)C1C\C=C/C=C\C=C/C(OC)Cc2nc(co2)C(=O)OC(C(C)(C)C(O)/C=C/C)C/C=C/[C@H](O)[C@H](O)/C=C\C=C\c2nc(co2)C(=O)O1. The van der Waals surface area contributed by atoms with Crippen molar-refractivity contribution in [2.24, 2.45) is 10.8 Å².